The van der Waals surface area contributed by atoms with Crippen LogP contribution < -0.4 is 4.46 Å². The molecule has 0 radical (unpaired) electrons. The molecule has 0 bridgehead atoms. The summed E-state index contributed by atoms with van der Waals surface area (Å²) >= 11 is -0.0522. The summed E-state index contributed by atoms with van der Waals surface area (Å²) < 4.78 is 7.05. The van der Waals surface area contributed by atoms with E-state index in [0.717, 1.165) is 14.5 Å². The first-order valence-electron chi connectivity index (χ1n) is 6.46. The summed E-state index contributed by atoms with van der Waals surface area (Å²) in [6, 6.07) is 19.9. The standard InChI is InChI=1S/C17H16O2Se/c1-2-19-17(18)16(13-14-9-5-3-6-10-14)20-15-11-7-4-8-12-15/h3-13H,2H2,1H3/b16-13-. The summed E-state index contributed by atoms with van der Waals surface area (Å²) in [6.45, 7) is 2.23. The van der Waals surface area contributed by atoms with Gasteiger partial charge in [-0.2, -0.15) is 0 Å². The average Bonchev–Trinajstić information content (AvgIpc) is 2.49. The van der Waals surface area contributed by atoms with Crippen LogP contribution in [0.5, 0.6) is 0 Å². The second-order valence-electron chi connectivity index (χ2n) is 4.05. The number of hydrogen-bond donors (Lipinski definition) is 0. The van der Waals surface area contributed by atoms with Gasteiger partial charge in [0.1, 0.15) is 0 Å². The van der Waals surface area contributed by atoms with Crippen LogP contribution in [0.4, 0.5) is 0 Å². The van der Waals surface area contributed by atoms with E-state index < -0.39 is 0 Å². The van der Waals surface area contributed by atoms with Crippen LogP contribution >= 0.6 is 0 Å². The maximum atomic E-state index is 12.1. The number of hydrogen-bond acceptors (Lipinski definition) is 2. The number of carbonyl (C=O) groups is 1. The van der Waals surface area contributed by atoms with E-state index in [4.69, 9.17) is 4.74 Å². The van der Waals surface area contributed by atoms with Crippen molar-refractivity contribution >= 4 is 31.5 Å². The monoisotopic (exact) mass is 332 g/mol. The van der Waals surface area contributed by atoms with Crippen LogP contribution in [0.2, 0.25) is 0 Å². The predicted molar refractivity (Wildman–Crippen MR) is 82.9 cm³/mol. The van der Waals surface area contributed by atoms with Crippen molar-refractivity contribution in [1.29, 1.82) is 0 Å². The Hall–Kier alpha value is -1.83. The van der Waals surface area contributed by atoms with Crippen LogP contribution in [0, 0.1) is 0 Å². The van der Waals surface area contributed by atoms with Crippen LogP contribution in [0.15, 0.2) is 65.1 Å². The quantitative estimate of drug-likeness (QED) is 0.478. The summed E-state index contributed by atoms with van der Waals surface area (Å²) in [5, 5.41) is 0. The van der Waals surface area contributed by atoms with Gasteiger partial charge in [-0.05, 0) is 0 Å². The predicted octanol–water partition coefficient (Wildman–Crippen LogP) is 2.62. The summed E-state index contributed by atoms with van der Waals surface area (Å²) in [5.74, 6) is -0.222. The molecule has 2 aromatic rings. The third-order valence-electron chi connectivity index (χ3n) is 2.54. The number of rotatable bonds is 5. The normalized spacial score (nSPS) is 11.2. The Balaban J connectivity index is 2.25. The molecule has 0 heterocycles. The number of carbonyl (C=O) groups excluding carboxylic acids is 1. The fraction of sp³-hybridized carbons (Fsp3) is 0.118. The maximum absolute atomic E-state index is 12.1. The minimum atomic E-state index is -0.222. The Morgan fingerprint density at radius 1 is 1.05 bits per heavy atom. The average molecular weight is 331 g/mol. The third kappa shape index (κ3) is 4.37. The van der Waals surface area contributed by atoms with E-state index in [-0.39, 0.29) is 20.9 Å². The molecule has 0 atom stereocenters. The van der Waals surface area contributed by atoms with Crippen LogP contribution in [0.25, 0.3) is 6.08 Å². The van der Waals surface area contributed by atoms with Crippen LogP contribution in [0.3, 0.4) is 0 Å². The molecular weight excluding hydrogens is 315 g/mol. The van der Waals surface area contributed by atoms with Crippen LogP contribution in [0.1, 0.15) is 12.5 Å². The molecule has 0 aliphatic rings. The molecule has 0 saturated heterocycles. The fourth-order valence-electron chi connectivity index (χ4n) is 1.65. The molecule has 0 unspecified atom stereocenters. The zero-order chi connectivity index (χ0) is 14.2. The fourth-order valence-corrected chi connectivity index (χ4v) is 3.50. The van der Waals surface area contributed by atoms with Gasteiger partial charge in [-0.3, -0.25) is 0 Å². The molecule has 2 aromatic carbocycles. The van der Waals surface area contributed by atoms with E-state index in [2.05, 4.69) is 0 Å². The van der Waals surface area contributed by atoms with E-state index >= 15 is 0 Å². The van der Waals surface area contributed by atoms with Crippen molar-refractivity contribution in [2.45, 2.75) is 6.92 Å². The molecule has 2 rings (SSSR count). The Morgan fingerprint density at radius 3 is 2.25 bits per heavy atom. The van der Waals surface area contributed by atoms with Crippen molar-refractivity contribution in [1.82, 2.24) is 0 Å². The molecular formula is C17H16O2Se. The molecule has 0 aliphatic carbocycles. The zero-order valence-corrected chi connectivity index (χ0v) is 13.0. The van der Waals surface area contributed by atoms with Crippen molar-refractivity contribution in [3.05, 3.63) is 70.7 Å². The molecule has 0 fully saturated rings. The number of esters is 1. The Kier molecular flexibility index (Phi) is 5.60. The molecule has 3 heteroatoms. The van der Waals surface area contributed by atoms with Gasteiger partial charge in [0.15, 0.2) is 0 Å². The van der Waals surface area contributed by atoms with Crippen molar-refractivity contribution < 1.29 is 9.53 Å². The number of benzene rings is 2. The van der Waals surface area contributed by atoms with E-state index in [1.807, 2.05) is 73.7 Å². The molecule has 0 aliphatic heterocycles. The molecule has 2 nitrogen and oxygen atoms in total. The Bertz CT molecular complexity index is 576. The molecule has 0 aromatic heterocycles. The van der Waals surface area contributed by atoms with E-state index in [0.29, 0.717) is 6.61 Å². The first-order chi connectivity index (χ1) is 9.79. The van der Waals surface area contributed by atoms with Crippen LogP contribution in [-0.4, -0.2) is 27.5 Å². The second-order valence-corrected chi connectivity index (χ2v) is 6.39. The molecule has 0 saturated carbocycles. The van der Waals surface area contributed by atoms with Crippen molar-refractivity contribution in [3.8, 4) is 0 Å². The molecule has 0 spiro atoms. The van der Waals surface area contributed by atoms with E-state index in [1.54, 1.807) is 0 Å². The third-order valence-corrected chi connectivity index (χ3v) is 4.67. The Labute approximate surface area is 125 Å². The number of ether oxygens (including phenoxy) is 1. The minimum absolute atomic E-state index is 0.0522. The zero-order valence-electron chi connectivity index (χ0n) is 11.3. The van der Waals surface area contributed by atoms with Gasteiger partial charge >= 0.3 is 125 Å². The van der Waals surface area contributed by atoms with Gasteiger partial charge in [0.05, 0.1) is 0 Å². The van der Waals surface area contributed by atoms with E-state index in [1.165, 1.54) is 0 Å². The first kappa shape index (κ1) is 14.6. The molecule has 0 amide bonds. The first-order valence-corrected chi connectivity index (χ1v) is 8.17. The van der Waals surface area contributed by atoms with Crippen molar-refractivity contribution in [3.63, 3.8) is 0 Å². The van der Waals surface area contributed by atoms with Crippen molar-refractivity contribution in [2.24, 2.45) is 0 Å². The van der Waals surface area contributed by atoms with Crippen molar-refractivity contribution in [2.75, 3.05) is 6.61 Å². The summed E-state index contributed by atoms with van der Waals surface area (Å²) in [7, 11) is 0. The van der Waals surface area contributed by atoms with Gasteiger partial charge in [-0.15, -0.1) is 0 Å². The SMILES string of the molecule is CCOC(=O)/C(=C/c1ccccc1)[Se]c1ccccc1. The van der Waals surface area contributed by atoms with Crippen LogP contribution in [-0.2, 0) is 9.53 Å². The molecule has 0 N–H and O–H groups in total. The molecule has 102 valence electrons. The summed E-state index contributed by atoms with van der Waals surface area (Å²) in [4.78, 5) is 12.1. The summed E-state index contributed by atoms with van der Waals surface area (Å²) in [5.41, 5.74) is 1.02. The van der Waals surface area contributed by atoms with Gasteiger partial charge in [0.2, 0.25) is 0 Å². The van der Waals surface area contributed by atoms with Gasteiger partial charge < -0.3 is 0 Å². The topological polar surface area (TPSA) is 26.3 Å². The Morgan fingerprint density at radius 2 is 1.65 bits per heavy atom. The summed E-state index contributed by atoms with van der Waals surface area (Å²) in [6.07, 6.45) is 1.92. The van der Waals surface area contributed by atoms with Gasteiger partial charge in [-0.25, -0.2) is 0 Å². The van der Waals surface area contributed by atoms with Gasteiger partial charge in [0.25, 0.3) is 0 Å². The van der Waals surface area contributed by atoms with E-state index in [9.17, 15) is 4.79 Å². The molecule has 20 heavy (non-hydrogen) atoms. The van der Waals surface area contributed by atoms with Gasteiger partial charge in [-0.1, -0.05) is 0 Å². The second kappa shape index (κ2) is 7.68. The van der Waals surface area contributed by atoms with Gasteiger partial charge in [0, 0.05) is 0 Å².